The molecule has 0 spiro atoms. The average molecular weight is 519 g/mol. The van der Waals surface area contributed by atoms with Crippen LogP contribution in [0.1, 0.15) is 24.2 Å². The van der Waals surface area contributed by atoms with Crippen LogP contribution in [0.25, 0.3) is 22.3 Å². The van der Waals surface area contributed by atoms with E-state index in [1.165, 1.54) is 26.2 Å². The fraction of sp³-hybridized carbons (Fsp3) is 0.167. The van der Waals surface area contributed by atoms with Gasteiger partial charge in [0.05, 0.1) is 12.7 Å². The van der Waals surface area contributed by atoms with Gasteiger partial charge in [-0.2, -0.15) is 0 Å². The van der Waals surface area contributed by atoms with Gasteiger partial charge in [-0.3, -0.25) is 0 Å². The molecule has 3 rings (SSSR count). The molecule has 0 aliphatic carbocycles. The number of ether oxygens (including phenoxy) is 4. The Morgan fingerprint density at radius 2 is 1.26 bits per heavy atom. The molecule has 0 N–H and O–H groups in total. The predicted octanol–water partition coefficient (Wildman–Crippen LogP) is 5.93. The van der Waals surface area contributed by atoms with Gasteiger partial charge in [0.15, 0.2) is 0 Å². The van der Waals surface area contributed by atoms with Crippen LogP contribution in [0.3, 0.4) is 0 Å². The van der Waals surface area contributed by atoms with Crippen molar-refractivity contribution < 1.29 is 37.7 Å². The molecule has 0 unspecified atom stereocenters. The lowest BCUT2D eigenvalue weighted by Gasteiger charge is -2.11. The molecule has 8 heteroatoms. The zero-order valence-electron chi connectivity index (χ0n) is 21.3. The maximum atomic E-state index is 14.7. The van der Waals surface area contributed by atoms with E-state index >= 15 is 0 Å². The summed E-state index contributed by atoms with van der Waals surface area (Å²) < 4.78 is 35.2. The summed E-state index contributed by atoms with van der Waals surface area (Å²) in [7, 11) is 1.51. The first-order chi connectivity index (χ1) is 18.1. The Labute approximate surface area is 220 Å². The van der Waals surface area contributed by atoms with Crippen molar-refractivity contribution in [3.05, 3.63) is 96.3 Å². The third kappa shape index (κ3) is 7.16. The Morgan fingerprint density at radius 3 is 1.84 bits per heavy atom. The number of benzene rings is 3. The maximum absolute atomic E-state index is 14.7. The molecule has 0 heterocycles. The molecular formula is C30H27FO7. The quantitative estimate of drug-likeness (QED) is 0.142. The van der Waals surface area contributed by atoms with Crippen LogP contribution in [-0.4, -0.2) is 38.2 Å². The number of hydrogen-bond acceptors (Lipinski definition) is 7. The van der Waals surface area contributed by atoms with Crippen molar-refractivity contribution in [2.45, 2.75) is 13.8 Å². The minimum atomic E-state index is -0.864. The van der Waals surface area contributed by atoms with E-state index in [9.17, 15) is 18.8 Å². The number of methoxy groups -OCH3 is 1. The van der Waals surface area contributed by atoms with E-state index in [4.69, 9.17) is 18.9 Å². The number of rotatable bonds is 10. The van der Waals surface area contributed by atoms with E-state index in [0.29, 0.717) is 17.1 Å². The van der Waals surface area contributed by atoms with Crippen molar-refractivity contribution in [3.8, 4) is 33.8 Å². The minimum absolute atomic E-state index is 0.158. The van der Waals surface area contributed by atoms with Crippen molar-refractivity contribution in [2.24, 2.45) is 0 Å². The third-order valence-corrected chi connectivity index (χ3v) is 5.31. The number of hydrogen-bond donors (Lipinski definition) is 0. The summed E-state index contributed by atoms with van der Waals surface area (Å²) in [5, 5.41) is 0. The first kappa shape index (κ1) is 27.9. The highest BCUT2D eigenvalue weighted by atomic mass is 19.1. The molecule has 3 aromatic carbocycles. The van der Waals surface area contributed by atoms with Crippen LogP contribution in [0.4, 0.5) is 4.39 Å². The van der Waals surface area contributed by atoms with Crippen LogP contribution in [-0.2, 0) is 19.1 Å². The van der Waals surface area contributed by atoms with E-state index in [1.54, 1.807) is 43.3 Å². The lowest BCUT2D eigenvalue weighted by atomic mass is 9.99. The van der Waals surface area contributed by atoms with Crippen molar-refractivity contribution in [2.75, 3.05) is 20.3 Å². The van der Waals surface area contributed by atoms with E-state index < -0.39 is 23.7 Å². The molecule has 0 radical (unpaired) electrons. The molecule has 3 aromatic rings. The fourth-order valence-electron chi connectivity index (χ4n) is 3.29. The van der Waals surface area contributed by atoms with Crippen LogP contribution in [0, 0.1) is 5.82 Å². The summed E-state index contributed by atoms with van der Waals surface area (Å²) in [6.07, 6.45) is 0. The smallest absolute Gasteiger partial charge is 0.341 e. The molecule has 0 amide bonds. The van der Waals surface area contributed by atoms with Crippen molar-refractivity contribution in [3.63, 3.8) is 0 Å². The van der Waals surface area contributed by atoms with Crippen LogP contribution < -0.4 is 9.47 Å². The van der Waals surface area contributed by atoms with Crippen LogP contribution in [0.2, 0.25) is 0 Å². The van der Waals surface area contributed by atoms with Gasteiger partial charge in [-0.1, -0.05) is 43.5 Å². The first-order valence-corrected chi connectivity index (χ1v) is 11.6. The standard InChI is InChI=1S/C30H27FO7/c1-18(2)28(32)36-12-13-37-30(34)26-11-10-22(16-27(26)31)20-6-8-21(9-7-20)23-14-24(35-5)17-25(15-23)38-29(33)19(3)4/h6-11,14-17H,1,3,12-13H2,2,4-5H3. The SMILES string of the molecule is C=C(C)C(=O)OCCOC(=O)c1ccc(-c2ccc(-c3cc(OC)cc(OC(=O)C(=C)C)c3)cc2)cc1F. The Morgan fingerprint density at radius 1 is 0.711 bits per heavy atom. The zero-order chi connectivity index (χ0) is 27.8. The van der Waals surface area contributed by atoms with Crippen molar-refractivity contribution in [1.29, 1.82) is 0 Å². The molecule has 0 fully saturated rings. The summed E-state index contributed by atoms with van der Waals surface area (Å²) >= 11 is 0. The first-order valence-electron chi connectivity index (χ1n) is 11.6. The van der Waals surface area contributed by atoms with E-state index in [0.717, 1.165) is 16.7 Å². The molecule has 0 atom stereocenters. The molecular weight excluding hydrogens is 491 g/mol. The fourth-order valence-corrected chi connectivity index (χ4v) is 3.29. The topological polar surface area (TPSA) is 88.1 Å². The second kappa shape index (κ2) is 12.5. The lowest BCUT2D eigenvalue weighted by molar-refractivity contribution is -0.140. The molecule has 0 saturated carbocycles. The molecule has 38 heavy (non-hydrogen) atoms. The van der Waals surface area contributed by atoms with Crippen LogP contribution >= 0.6 is 0 Å². The highest BCUT2D eigenvalue weighted by Gasteiger charge is 2.15. The highest BCUT2D eigenvalue weighted by molar-refractivity contribution is 5.91. The molecule has 0 bridgehead atoms. The monoisotopic (exact) mass is 518 g/mol. The lowest BCUT2D eigenvalue weighted by Crippen LogP contribution is -2.15. The molecule has 196 valence electrons. The molecule has 0 aliphatic rings. The Hall–Kier alpha value is -4.72. The highest BCUT2D eigenvalue weighted by Crippen LogP contribution is 2.32. The number of carbonyl (C=O) groups is 3. The van der Waals surface area contributed by atoms with E-state index in [-0.39, 0.29) is 29.9 Å². The van der Waals surface area contributed by atoms with Crippen molar-refractivity contribution >= 4 is 17.9 Å². The number of halogens is 1. The molecule has 0 aliphatic heterocycles. The Bertz CT molecular complexity index is 1390. The summed E-state index contributed by atoms with van der Waals surface area (Å²) in [5.41, 5.74) is 3.10. The predicted molar refractivity (Wildman–Crippen MR) is 140 cm³/mol. The van der Waals surface area contributed by atoms with Gasteiger partial charge in [-0.25, -0.2) is 18.8 Å². The third-order valence-electron chi connectivity index (χ3n) is 5.31. The normalized spacial score (nSPS) is 10.3. The van der Waals surface area contributed by atoms with E-state index in [2.05, 4.69) is 13.2 Å². The summed E-state index contributed by atoms with van der Waals surface area (Å²) in [6.45, 7) is 9.73. The Kier molecular flexibility index (Phi) is 9.16. The molecule has 7 nitrogen and oxygen atoms in total. The van der Waals surface area contributed by atoms with E-state index in [1.807, 2.05) is 12.1 Å². The summed E-state index contributed by atoms with van der Waals surface area (Å²) in [5.74, 6) is -1.92. The Balaban J connectivity index is 1.72. The van der Waals surface area contributed by atoms with Gasteiger partial charge in [-0.05, 0) is 60.4 Å². The van der Waals surface area contributed by atoms with Crippen LogP contribution in [0.5, 0.6) is 11.5 Å². The number of carbonyl (C=O) groups excluding carboxylic acids is 3. The van der Waals surface area contributed by atoms with Gasteiger partial charge >= 0.3 is 17.9 Å². The van der Waals surface area contributed by atoms with Gasteiger partial charge in [0.1, 0.15) is 30.5 Å². The maximum Gasteiger partial charge on any atom is 0.341 e. The second-order valence-electron chi connectivity index (χ2n) is 8.39. The van der Waals surface area contributed by atoms with Gasteiger partial charge in [0, 0.05) is 17.2 Å². The molecule has 0 saturated heterocycles. The zero-order valence-corrected chi connectivity index (χ0v) is 21.3. The largest absolute Gasteiger partial charge is 0.497 e. The van der Waals surface area contributed by atoms with Gasteiger partial charge in [-0.15, -0.1) is 0 Å². The molecule has 0 aromatic heterocycles. The van der Waals surface area contributed by atoms with Crippen LogP contribution in [0.15, 0.2) is 85.0 Å². The van der Waals surface area contributed by atoms with Gasteiger partial charge in [0.2, 0.25) is 0 Å². The second-order valence-corrected chi connectivity index (χ2v) is 8.39. The van der Waals surface area contributed by atoms with Gasteiger partial charge < -0.3 is 18.9 Å². The summed E-state index contributed by atoms with van der Waals surface area (Å²) in [6, 6.07) is 16.6. The minimum Gasteiger partial charge on any atom is -0.497 e. The van der Waals surface area contributed by atoms with Gasteiger partial charge in [0.25, 0.3) is 0 Å². The average Bonchev–Trinajstić information content (AvgIpc) is 2.90. The number of esters is 3. The van der Waals surface area contributed by atoms with Crippen molar-refractivity contribution in [1.82, 2.24) is 0 Å². The summed E-state index contributed by atoms with van der Waals surface area (Å²) in [4.78, 5) is 35.5.